The van der Waals surface area contributed by atoms with Crippen LogP contribution < -0.4 is 5.32 Å². The average Bonchev–Trinajstić information content (AvgIpc) is 3.06. The van der Waals surface area contributed by atoms with Gasteiger partial charge in [0.2, 0.25) is 5.91 Å². The molecule has 0 saturated carbocycles. The summed E-state index contributed by atoms with van der Waals surface area (Å²) in [6.07, 6.45) is 1.69. The zero-order valence-electron chi connectivity index (χ0n) is 12.6. The highest BCUT2D eigenvalue weighted by atomic mass is 35.5. The third-order valence-corrected chi connectivity index (χ3v) is 4.62. The van der Waals surface area contributed by atoms with Crippen LogP contribution in [0.3, 0.4) is 0 Å². The van der Waals surface area contributed by atoms with Gasteiger partial charge in [0.05, 0.1) is 34.3 Å². The van der Waals surface area contributed by atoms with Crippen LogP contribution in [0.5, 0.6) is 0 Å². The number of halogens is 3. The van der Waals surface area contributed by atoms with E-state index in [1.807, 2.05) is 0 Å². The number of pyridine rings is 1. The summed E-state index contributed by atoms with van der Waals surface area (Å²) >= 11 is 11.7. The summed E-state index contributed by atoms with van der Waals surface area (Å²) in [5, 5.41) is 3.36. The van der Waals surface area contributed by atoms with E-state index in [1.165, 1.54) is 12.1 Å². The number of aromatic nitrogens is 1. The summed E-state index contributed by atoms with van der Waals surface area (Å²) in [5.74, 6) is -1.09. The summed E-state index contributed by atoms with van der Waals surface area (Å²) in [7, 11) is 0. The van der Waals surface area contributed by atoms with E-state index in [2.05, 4.69) is 10.3 Å². The van der Waals surface area contributed by atoms with Gasteiger partial charge in [-0.2, -0.15) is 0 Å². The Morgan fingerprint density at radius 3 is 2.92 bits per heavy atom. The van der Waals surface area contributed by atoms with Gasteiger partial charge in [0.1, 0.15) is 5.82 Å². The fraction of sp³-hybridized carbons (Fsp3) is 0.294. The molecule has 1 fully saturated rings. The van der Waals surface area contributed by atoms with Crippen molar-refractivity contribution in [3.8, 4) is 0 Å². The van der Waals surface area contributed by atoms with E-state index in [0.29, 0.717) is 29.3 Å². The Hall–Kier alpha value is -1.69. The molecule has 4 nitrogen and oxygen atoms in total. The molecular weight excluding hydrogens is 354 g/mol. The van der Waals surface area contributed by atoms with Crippen molar-refractivity contribution in [3.63, 3.8) is 0 Å². The number of benzene rings is 1. The number of nitrogens with zero attached hydrogens (tertiary/aromatic N) is 1. The van der Waals surface area contributed by atoms with Crippen LogP contribution in [0.2, 0.25) is 10.0 Å². The lowest BCUT2D eigenvalue weighted by atomic mass is 9.94. The Morgan fingerprint density at radius 2 is 2.17 bits per heavy atom. The Bertz CT molecular complexity index is 757. The van der Waals surface area contributed by atoms with Crippen molar-refractivity contribution < 1.29 is 13.9 Å². The summed E-state index contributed by atoms with van der Waals surface area (Å²) in [6.45, 7) is 0.675. The van der Waals surface area contributed by atoms with Crippen molar-refractivity contribution >= 4 is 29.1 Å². The van der Waals surface area contributed by atoms with Crippen LogP contribution in [0.15, 0.2) is 36.5 Å². The number of hydrogen-bond acceptors (Lipinski definition) is 3. The van der Waals surface area contributed by atoms with E-state index >= 15 is 0 Å². The number of carbonyl (C=O) groups is 1. The predicted octanol–water partition coefficient (Wildman–Crippen LogP) is 3.92. The van der Waals surface area contributed by atoms with Gasteiger partial charge in [-0.15, -0.1) is 0 Å². The molecule has 0 spiro atoms. The van der Waals surface area contributed by atoms with Gasteiger partial charge in [-0.05, 0) is 36.2 Å². The topological polar surface area (TPSA) is 51.2 Å². The quantitative estimate of drug-likeness (QED) is 0.889. The highest BCUT2D eigenvalue weighted by Crippen LogP contribution is 2.35. The van der Waals surface area contributed by atoms with Crippen molar-refractivity contribution in [2.24, 2.45) is 5.92 Å². The Morgan fingerprint density at radius 1 is 1.33 bits per heavy atom. The van der Waals surface area contributed by atoms with Gasteiger partial charge in [-0.1, -0.05) is 29.3 Å². The third-order valence-electron chi connectivity index (χ3n) is 3.97. The maximum absolute atomic E-state index is 13.7. The largest absolute Gasteiger partial charge is 0.373 e. The lowest BCUT2D eigenvalue weighted by Gasteiger charge is -2.19. The monoisotopic (exact) mass is 368 g/mol. The van der Waals surface area contributed by atoms with Gasteiger partial charge in [0, 0.05) is 12.8 Å². The second-order valence-electron chi connectivity index (χ2n) is 5.51. The van der Waals surface area contributed by atoms with Crippen molar-refractivity contribution in [2.75, 3.05) is 6.61 Å². The fourth-order valence-electron chi connectivity index (χ4n) is 2.73. The number of ether oxygens (including phenoxy) is 1. The molecule has 1 aromatic heterocycles. The smallest absolute Gasteiger partial charge is 0.226 e. The maximum Gasteiger partial charge on any atom is 0.226 e. The summed E-state index contributed by atoms with van der Waals surface area (Å²) in [4.78, 5) is 16.6. The van der Waals surface area contributed by atoms with Gasteiger partial charge < -0.3 is 10.1 Å². The van der Waals surface area contributed by atoms with E-state index in [1.54, 1.807) is 24.4 Å². The first-order valence-electron chi connectivity index (χ1n) is 7.50. The minimum absolute atomic E-state index is 0.0440. The maximum atomic E-state index is 13.7. The number of rotatable bonds is 4. The molecule has 2 heterocycles. The minimum atomic E-state index is -0.524. The van der Waals surface area contributed by atoms with Crippen LogP contribution in [0.4, 0.5) is 4.39 Å². The molecule has 24 heavy (non-hydrogen) atoms. The van der Waals surface area contributed by atoms with Crippen molar-refractivity contribution in [3.05, 3.63) is 63.6 Å². The van der Waals surface area contributed by atoms with Crippen molar-refractivity contribution in [1.82, 2.24) is 10.3 Å². The van der Waals surface area contributed by atoms with Crippen LogP contribution in [0.1, 0.15) is 23.8 Å². The summed E-state index contributed by atoms with van der Waals surface area (Å²) < 4.78 is 19.3. The highest BCUT2D eigenvalue weighted by Gasteiger charge is 2.35. The molecule has 0 unspecified atom stereocenters. The van der Waals surface area contributed by atoms with Crippen LogP contribution in [-0.2, 0) is 16.1 Å². The van der Waals surface area contributed by atoms with Crippen LogP contribution in [0.25, 0.3) is 0 Å². The molecule has 1 N–H and O–H groups in total. The number of nitrogens with one attached hydrogen (secondary N) is 1. The molecule has 1 amide bonds. The lowest BCUT2D eigenvalue weighted by molar-refractivity contribution is -0.127. The Labute approximate surface area is 148 Å². The Kier molecular flexibility index (Phi) is 5.33. The molecule has 0 radical (unpaired) electrons. The fourth-order valence-corrected chi connectivity index (χ4v) is 3.03. The number of hydrogen-bond donors (Lipinski definition) is 1. The van der Waals surface area contributed by atoms with Crippen molar-refractivity contribution in [2.45, 2.75) is 19.1 Å². The summed E-state index contributed by atoms with van der Waals surface area (Å²) in [5.41, 5.74) is 1.20. The van der Waals surface area contributed by atoms with Crippen LogP contribution in [-0.4, -0.2) is 17.5 Å². The van der Waals surface area contributed by atoms with E-state index in [-0.39, 0.29) is 17.5 Å². The molecule has 1 aromatic carbocycles. The molecule has 7 heteroatoms. The van der Waals surface area contributed by atoms with Gasteiger partial charge in [-0.3, -0.25) is 9.78 Å². The molecule has 1 aliphatic rings. The van der Waals surface area contributed by atoms with E-state index in [9.17, 15) is 9.18 Å². The van der Waals surface area contributed by atoms with E-state index in [0.717, 1.165) is 0 Å². The van der Waals surface area contributed by atoms with E-state index in [4.69, 9.17) is 27.9 Å². The van der Waals surface area contributed by atoms with Gasteiger partial charge in [-0.25, -0.2) is 4.39 Å². The highest BCUT2D eigenvalue weighted by molar-refractivity contribution is 6.31. The molecular formula is C17H15Cl2FN2O2. The van der Waals surface area contributed by atoms with E-state index < -0.39 is 17.8 Å². The normalized spacial score (nSPS) is 20.1. The Balaban J connectivity index is 1.69. The molecule has 0 bridgehead atoms. The lowest BCUT2D eigenvalue weighted by Crippen LogP contribution is -2.32. The first-order valence-corrected chi connectivity index (χ1v) is 8.25. The first kappa shape index (κ1) is 17.1. The zero-order chi connectivity index (χ0) is 17.1. The minimum Gasteiger partial charge on any atom is -0.373 e. The van der Waals surface area contributed by atoms with Gasteiger partial charge in [0.25, 0.3) is 0 Å². The standard InChI is InChI=1S/C17H15Cl2FN2O2/c18-12-4-3-10(8-14(12)20)16-11(5-7-24-16)17(23)22-9-15-13(19)2-1-6-21-15/h1-4,6,8,11,16H,5,7,9H2,(H,22,23)/t11-,16+/m1/s1. The zero-order valence-corrected chi connectivity index (χ0v) is 14.1. The molecule has 0 aliphatic carbocycles. The molecule has 2 aromatic rings. The molecule has 3 rings (SSSR count). The average molecular weight is 369 g/mol. The molecule has 126 valence electrons. The second-order valence-corrected chi connectivity index (χ2v) is 6.32. The number of carbonyl (C=O) groups excluding carboxylic acids is 1. The molecule has 1 aliphatic heterocycles. The van der Waals surface area contributed by atoms with Crippen molar-refractivity contribution in [1.29, 1.82) is 0 Å². The summed E-state index contributed by atoms with van der Waals surface area (Å²) in [6, 6.07) is 7.90. The van der Waals surface area contributed by atoms with Crippen LogP contribution >= 0.6 is 23.2 Å². The SMILES string of the molecule is O=C(NCc1ncccc1Cl)[C@@H]1CCO[C@H]1c1ccc(Cl)c(F)c1. The second kappa shape index (κ2) is 7.47. The van der Waals surface area contributed by atoms with Gasteiger partial charge >= 0.3 is 0 Å². The predicted molar refractivity (Wildman–Crippen MR) is 89.3 cm³/mol. The molecule has 2 atom stereocenters. The first-order chi connectivity index (χ1) is 11.6. The number of amides is 1. The molecule has 1 saturated heterocycles. The van der Waals surface area contributed by atoms with Crippen LogP contribution in [0, 0.1) is 11.7 Å². The van der Waals surface area contributed by atoms with Gasteiger partial charge in [0.15, 0.2) is 0 Å². The third kappa shape index (κ3) is 3.69.